The second-order valence-electron chi connectivity index (χ2n) is 7.45. The van der Waals surface area contributed by atoms with E-state index in [0.717, 1.165) is 5.56 Å². The fourth-order valence-corrected chi connectivity index (χ4v) is 4.18. The summed E-state index contributed by atoms with van der Waals surface area (Å²) in [6, 6.07) is 17.2. The molecule has 0 spiro atoms. The van der Waals surface area contributed by atoms with E-state index >= 15 is 0 Å². The van der Waals surface area contributed by atoms with Gasteiger partial charge in [-0.1, -0.05) is 65.1 Å². The maximum Gasteiger partial charge on any atom is 0.260 e. The standard InChI is InChI=1S/C25H17Cl3FN3O2/c1-14-22(24(28)32(31-14)13-15-6-2-4-8-19(15)27)25(34)30-21-11-10-16(26)12-18(21)23(33)17-7-3-5-9-20(17)29/h2-12H,13H2,1H3,(H,30,34). The molecule has 1 aromatic heterocycles. The lowest BCUT2D eigenvalue weighted by molar-refractivity contribution is 0.102. The summed E-state index contributed by atoms with van der Waals surface area (Å²) in [4.78, 5) is 26.2. The normalized spacial score (nSPS) is 10.9. The fourth-order valence-electron chi connectivity index (χ4n) is 3.49. The molecule has 4 rings (SSSR count). The zero-order valence-electron chi connectivity index (χ0n) is 17.8. The number of anilines is 1. The molecule has 0 atom stereocenters. The van der Waals surface area contributed by atoms with Crippen molar-refractivity contribution in [2.24, 2.45) is 0 Å². The number of amides is 1. The van der Waals surface area contributed by atoms with Crippen LogP contribution in [0.15, 0.2) is 66.7 Å². The lowest BCUT2D eigenvalue weighted by atomic mass is 10.0. The third kappa shape index (κ3) is 4.85. The van der Waals surface area contributed by atoms with Crippen LogP contribution in [-0.2, 0) is 6.54 Å². The largest absolute Gasteiger partial charge is 0.321 e. The van der Waals surface area contributed by atoms with Gasteiger partial charge in [0.25, 0.3) is 5.91 Å². The van der Waals surface area contributed by atoms with Crippen molar-refractivity contribution in [1.82, 2.24) is 9.78 Å². The van der Waals surface area contributed by atoms with Crippen LogP contribution in [0, 0.1) is 12.7 Å². The molecule has 3 aromatic carbocycles. The number of nitrogens with zero attached hydrogens (tertiary/aromatic N) is 2. The Morgan fingerprint density at radius 1 is 0.971 bits per heavy atom. The molecule has 9 heteroatoms. The molecule has 0 aliphatic carbocycles. The molecule has 1 N–H and O–H groups in total. The number of carbonyl (C=O) groups is 2. The van der Waals surface area contributed by atoms with Crippen LogP contribution >= 0.6 is 34.8 Å². The first kappa shape index (κ1) is 24.0. The first-order valence-electron chi connectivity index (χ1n) is 10.1. The van der Waals surface area contributed by atoms with Gasteiger partial charge in [-0.2, -0.15) is 5.10 Å². The minimum atomic E-state index is -0.676. The van der Waals surface area contributed by atoms with E-state index in [1.807, 2.05) is 18.2 Å². The lowest BCUT2D eigenvalue weighted by Crippen LogP contribution is -2.16. The summed E-state index contributed by atoms with van der Waals surface area (Å²) in [5.74, 6) is -1.87. The van der Waals surface area contributed by atoms with E-state index in [4.69, 9.17) is 34.8 Å². The Balaban J connectivity index is 1.65. The maximum absolute atomic E-state index is 14.2. The van der Waals surface area contributed by atoms with Gasteiger partial charge >= 0.3 is 0 Å². The Morgan fingerprint density at radius 2 is 1.68 bits per heavy atom. The highest BCUT2D eigenvalue weighted by molar-refractivity contribution is 6.34. The first-order valence-corrected chi connectivity index (χ1v) is 11.3. The second-order valence-corrected chi connectivity index (χ2v) is 8.65. The monoisotopic (exact) mass is 515 g/mol. The summed E-state index contributed by atoms with van der Waals surface area (Å²) in [7, 11) is 0. The van der Waals surface area contributed by atoms with E-state index in [1.165, 1.54) is 41.1 Å². The summed E-state index contributed by atoms with van der Waals surface area (Å²) in [5, 5.41) is 7.99. The highest BCUT2D eigenvalue weighted by Crippen LogP contribution is 2.28. The Kier molecular flexibility index (Phi) is 7.03. The van der Waals surface area contributed by atoms with E-state index < -0.39 is 17.5 Å². The molecule has 172 valence electrons. The number of halogens is 4. The molecule has 0 bridgehead atoms. The van der Waals surface area contributed by atoms with Crippen LogP contribution in [-0.4, -0.2) is 21.5 Å². The number of benzene rings is 3. The van der Waals surface area contributed by atoms with Crippen molar-refractivity contribution in [2.75, 3.05) is 5.32 Å². The molecule has 0 aliphatic rings. The van der Waals surface area contributed by atoms with Gasteiger partial charge in [-0.15, -0.1) is 0 Å². The zero-order valence-corrected chi connectivity index (χ0v) is 20.0. The van der Waals surface area contributed by atoms with Crippen molar-refractivity contribution in [1.29, 1.82) is 0 Å². The number of ketones is 1. The van der Waals surface area contributed by atoms with Gasteiger partial charge in [-0.3, -0.25) is 9.59 Å². The average Bonchev–Trinajstić information content (AvgIpc) is 3.09. The van der Waals surface area contributed by atoms with Crippen LogP contribution < -0.4 is 5.32 Å². The highest BCUT2D eigenvalue weighted by Gasteiger charge is 2.24. The predicted octanol–water partition coefficient (Wildman–Crippen LogP) is 6.82. The van der Waals surface area contributed by atoms with E-state index in [-0.39, 0.29) is 39.1 Å². The molecule has 5 nitrogen and oxygen atoms in total. The van der Waals surface area contributed by atoms with Gasteiger partial charge in [0.05, 0.1) is 29.1 Å². The van der Waals surface area contributed by atoms with E-state index in [9.17, 15) is 14.0 Å². The molecule has 1 amide bonds. The SMILES string of the molecule is Cc1nn(Cc2ccccc2Cl)c(Cl)c1C(=O)Nc1ccc(Cl)cc1C(=O)c1ccccc1F. The third-order valence-electron chi connectivity index (χ3n) is 5.16. The van der Waals surface area contributed by atoms with Crippen molar-refractivity contribution >= 4 is 52.2 Å². The molecule has 1 heterocycles. The fraction of sp³-hybridized carbons (Fsp3) is 0.0800. The summed E-state index contributed by atoms with van der Waals surface area (Å²) >= 11 is 18.8. The van der Waals surface area contributed by atoms with Crippen LogP contribution in [0.1, 0.15) is 37.5 Å². The predicted molar refractivity (Wildman–Crippen MR) is 132 cm³/mol. The summed E-state index contributed by atoms with van der Waals surface area (Å²) in [6.07, 6.45) is 0. The Hall–Kier alpha value is -3.19. The average molecular weight is 517 g/mol. The van der Waals surface area contributed by atoms with E-state index in [2.05, 4.69) is 10.4 Å². The molecular formula is C25H17Cl3FN3O2. The van der Waals surface area contributed by atoms with Crippen LogP contribution in [0.25, 0.3) is 0 Å². The van der Waals surface area contributed by atoms with Crippen LogP contribution in [0.2, 0.25) is 15.2 Å². The van der Waals surface area contributed by atoms with Crippen molar-refractivity contribution in [2.45, 2.75) is 13.5 Å². The number of hydrogen-bond donors (Lipinski definition) is 1. The molecule has 4 aromatic rings. The number of nitrogens with one attached hydrogen (secondary N) is 1. The zero-order chi connectivity index (χ0) is 24.4. The molecule has 0 aliphatic heterocycles. The van der Waals surface area contributed by atoms with Gasteiger partial charge in [-0.25, -0.2) is 9.07 Å². The van der Waals surface area contributed by atoms with Gasteiger partial charge in [-0.05, 0) is 48.9 Å². The minimum Gasteiger partial charge on any atom is -0.321 e. The molecule has 34 heavy (non-hydrogen) atoms. The van der Waals surface area contributed by atoms with Gasteiger partial charge < -0.3 is 5.32 Å². The van der Waals surface area contributed by atoms with Crippen LogP contribution in [0.4, 0.5) is 10.1 Å². The molecule has 0 saturated carbocycles. The summed E-state index contributed by atoms with van der Waals surface area (Å²) in [6.45, 7) is 1.92. The molecule has 0 unspecified atom stereocenters. The first-order chi connectivity index (χ1) is 16.3. The Labute approximate surface area is 210 Å². The molecular weight excluding hydrogens is 500 g/mol. The summed E-state index contributed by atoms with van der Waals surface area (Å²) < 4.78 is 15.7. The van der Waals surface area contributed by atoms with E-state index in [0.29, 0.717) is 10.7 Å². The Morgan fingerprint density at radius 3 is 2.41 bits per heavy atom. The number of aromatic nitrogens is 2. The van der Waals surface area contributed by atoms with Crippen LogP contribution in [0.3, 0.4) is 0 Å². The van der Waals surface area contributed by atoms with Gasteiger partial charge in [0.15, 0.2) is 5.78 Å². The number of aryl methyl sites for hydroxylation is 1. The number of hydrogen-bond acceptors (Lipinski definition) is 3. The van der Waals surface area contributed by atoms with Gasteiger partial charge in [0, 0.05) is 15.6 Å². The van der Waals surface area contributed by atoms with Gasteiger partial charge in [0.2, 0.25) is 0 Å². The quantitative estimate of drug-likeness (QED) is 0.286. The summed E-state index contributed by atoms with van der Waals surface area (Å²) in [5.41, 5.74) is 1.40. The number of rotatable bonds is 6. The van der Waals surface area contributed by atoms with Gasteiger partial charge in [0.1, 0.15) is 11.0 Å². The number of carbonyl (C=O) groups excluding carboxylic acids is 2. The van der Waals surface area contributed by atoms with Crippen molar-refractivity contribution in [3.63, 3.8) is 0 Å². The molecule has 0 radical (unpaired) electrons. The van der Waals surface area contributed by atoms with Crippen molar-refractivity contribution in [3.05, 3.63) is 116 Å². The van der Waals surface area contributed by atoms with Crippen molar-refractivity contribution < 1.29 is 14.0 Å². The third-order valence-corrected chi connectivity index (χ3v) is 6.15. The molecule has 0 fully saturated rings. The smallest absolute Gasteiger partial charge is 0.260 e. The van der Waals surface area contributed by atoms with Crippen LogP contribution in [0.5, 0.6) is 0 Å². The topological polar surface area (TPSA) is 64.0 Å². The maximum atomic E-state index is 14.2. The highest BCUT2D eigenvalue weighted by atomic mass is 35.5. The van der Waals surface area contributed by atoms with Crippen molar-refractivity contribution in [3.8, 4) is 0 Å². The van der Waals surface area contributed by atoms with E-state index in [1.54, 1.807) is 19.1 Å². The second kappa shape index (κ2) is 9.97. The minimum absolute atomic E-state index is 0.0446. The Bertz CT molecular complexity index is 1420. The molecule has 0 saturated heterocycles. The lowest BCUT2D eigenvalue weighted by Gasteiger charge is -2.12.